The molecule has 0 nitrogen and oxygen atoms in total. The number of allylic oxidation sites excluding steroid dienone is 4. The van der Waals surface area contributed by atoms with Crippen LogP contribution in [0.3, 0.4) is 0 Å². The van der Waals surface area contributed by atoms with Crippen molar-refractivity contribution >= 4 is 0 Å². The van der Waals surface area contributed by atoms with E-state index < -0.39 is 0 Å². The van der Waals surface area contributed by atoms with E-state index in [0.717, 1.165) is 17.8 Å². The van der Waals surface area contributed by atoms with Crippen LogP contribution in [-0.4, -0.2) is 0 Å². The standard InChI is InChI=1S/C13H20/c1-3-5-6-13-11-8-7-10(9-11)12(13)4-2/h4,7-8,10-11,13H,3,5-6,9H2,1-2H3/b12-4+. The molecular formula is C13H20. The van der Waals surface area contributed by atoms with Crippen molar-refractivity contribution < 1.29 is 0 Å². The zero-order valence-corrected chi connectivity index (χ0v) is 8.79. The predicted octanol–water partition coefficient (Wildman–Crippen LogP) is 3.95. The molecule has 0 spiro atoms. The fourth-order valence-electron chi connectivity index (χ4n) is 3.03. The second-order valence-corrected chi connectivity index (χ2v) is 4.43. The Morgan fingerprint density at radius 2 is 2.31 bits per heavy atom. The van der Waals surface area contributed by atoms with Crippen LogP contribution in [0.1, 0.15) is 39.5 Å². The molecule has 0 aliphatic heterocycles. The first kappa shape index (κ1) is 9.05. The van der Waals surface area contributed by atoms with Gasteiger partial charge in [-0.1, -0.05) is 43.6 Å². The van der Waals surface area contributed by atoms with Gasteiger partial charge in [0.25, 0.3) is 0 Å². The summed E-state index contributed by atoms with van der Waals surface area (Å²) in [5, 5.41) is 0. The van der Waals surface area contributed by atoms with Gasteiger partial charge < -0.3 is 0 Å². The summed E-state index contributed by atoms with van der Waals surface area (Å²) in [6.07, 6.45) is 12.8. The highest BCUT2D eigenvalue weighted by atomic mass is 14.4. The maximum absolute atomic E-state index is 2.46. The Morgan fingerprint density at radius 3 is 3.00 bits per heavy atom. The molecule has 3 atom stereocenters. The summed E-state index contributed by atoms with van der Waals surface area (Å²) in [5.41, 5.74) is 1.74. The van der Waals surface area contributed by atoms with Crippen LogP contribution in [-0.2, 0) is 0 Å². The van der Waals surface area contributed by atoms with Crippen LogP contribution in [0.15, 0.2) is 23.8 Å². The van der Waals surface area contributed by atoms with Gasteiger partial charge >= 0.3 is 0 Å². The van der Waals surface area contributed by atoms with Gasteiger partial charge in [0, 0.05) is 0 Å². The van der Waals surface area contributed by atoms with Crippen LogP contribution in [0.4, 0.5) is 0 Å². The van der Waals surface area contributed by atoms with Crippen molar-refractivity contribution in [1.82, 2.24) is 0 Å². The molecule has 1 fully saturated rings. The first-order valence-corrected chi connectivity index (χ1v) is 5.71. The summed E-state index contributed by atoms with van der Waals surface area (Å²) in [5.74, 6) is 2.61. The highest BCUT2D eigenvalue weighted by molar-refractivity contribution is 5.30. The normalized spacial score (nSPS) is 39.2. The predicted molar refractivity (Wildman–Crippen MR) is 57.5 cm³/mol. The van der Waals surface area contributed by atoms with Gasteiger partial charge in [-0.2, -0.15) is 0 Å². The second kappa shape index (κ2) is 3.69. The van der Waals surface area contributed by atoms with Crippen LogP contribution in [0.2, 0.25) is 0 Å². The van der Waals surface area contributed by atoms with Gasteiger partial charge in [-0.05, 0) is 37.5 Å². The van der Waals surface area contributed by atoms with Gasteiger partial charge in [0.15, 0.2) is 0 Å². The molecular weight excluding hydrogens is 156 g/mol. The molecule has 0 aromatic heterocycles. The lowest BCUT2D eigenvalue weighted by molar-refractivity contribution is 0.458. The fourth-order valence-corrected chi connectivity index (χ4v) is 3.03. The molecule has 2 aliphatic carbocycles. The molecule has 2 bridgehead atoms. The molecule has 3 unspecified atom stereocenters. The third-order valence-corrected chi connectivity index (χ3v) is 3.69. The number of hydrogen-bond acceptors (Lipinski definition) is 0. The van der Waals surface area contributed by atoms with Gasteiger partial charge in [0.2, 0.25) is 0 Å². The summed E-state index contributed by atoms with van der Waals surface area (Å²) in [7, 11) is 0. The molecule has 13 heavy (non-hydrogen) atoms. The third kappa shape index (κ3) is 1.47. The Bertz CT molecular complexity index is 234. The van der Waals surface area contributed by atoms with Crippen molar-refractivity contribution in [3.05, 3.63) is 23.8 Å². The van der Waals surface area contributed by atoms with Crippen molar-refractivity contribution in [2.45, 2.75) is 39.5 Å². The average molecular weight is 176 g/mol. The topological polar surface area (TPSA) is 0 Å². The Morgan fingerprint density at radius 1 is 1.46 bits per heavy atom. The molecule has 0 heterocycles. The van der Waals surface area contributed by atoms with E-state index in [9.17, 15) is 0 Å². The first-order chi connectivity index (χ1) is 6.36. The molecule has 0 heteroatoms. The van der Waals surface area contributed by atoms with Crippen molar-refractivity contribution in [3.8, 4) is 0 Å². The number of fused-ring (bicyclic) bond motifs is 2. The van der Waals surface area contributed by atoms with E-state index >= 15 is 0 Å². The van der Waals surface area contributed by atoms with Gasteiger partial charge in [0.1, 0.15) is 0 Å². The Labute approximate surface area is 81.7 Å². The monoisotopic (exact) mass is 176 g/mol. The van der Waals surface area contributed by atoms with Crippen molar-refractivity contribution in [3.63, 3.8) is 0 Å². The van der Waals surface area contributed by atoms with E-state index in [-0.39, 0.29) is 0 Å². The van der Waals surface area contributed by atoms with E-state index in [1.165, 1.54) is 25.7 Å². The third-order valence-electron chi connectivity index (χ3n) is 3.69. The summed E-state index contributed by atoms with van der Waals surface area (Å²) < 4.78 is 0. The van der Waals surface area contributed by atoms with Crippen LogP contribution >= 0.6 is 0 Å². The Balaban J connectivity index is 2.06. The van der Waals surface area contributed by atoms with Crippen molar-refractivity contribution in [2.24, 2.45) is 17.8 Å². The van der Waals surface area contributed by atoms with Crippen molar-refractivity contribution in [1.29, 1.82) is 0 Å². The molecule has 0 amide bonds. The average Bonchev–Trinajstić information content (AvgIpc) is 2.73. The number of hydrogen-bond donors (Lipinski definition) is 0. The Hall–Kier alpha value is -0.520. The van der Waals surface area contributed by atoms with Gasteiger partial charge in [-0.15, -0.1) is 0 Å². The van der Waals surface area contributed by atoms with Gasteiger partial charge in [0.05, 0.1) is 0 Å². The lowest BCUT2D eigenvalue weighted by atomic mass is 9.84. The van der Waals surface area contributed by atoms with E-state index in [2.05, 4.69) is 32.1 Å². The maximum Gasteiger partial charge on any atom is -0.00145 e. The maximum atomic E-state index is 2.46. The van der Waals surface area contributed by atoms with Gasteiger partial charge in [-0.3, -0.25) is 0 Å². The SMILES string of the molecule is C/C=C1\C2C=CC(C2)C1CCCC. The van der Waals surface area contributed by atoms with Gasteiger partial charge in [-0.25, -0.2) is 0 Å². The molecule has 0 aromatic carbocycles. The lowest BCUT2D eigenvalue weighted by Gasteiger charge is -2.20. The smallest absolute Gasteiger partial charge is 0.00145 e. The summed E-state index contributed by atoms with van der Waals surface area (Å²) in [6, 6.07) is 0. The molecule has 0 N–H and O–H groups in total. The largest absolute Gasteiger partial charge is 0.0876 e. The van der Waals surface area contributed by atoms with E-state index in [0.29, 0.717) is 0 Å². The van der Waals surface area contributed by atoms with Crippen LogP contribution < -0.4 is 0 Å². The minimum absolute atomic E-state index is 0.817. The zero-order chi connectivity index (χ0) is 9.26. The summed E-state index contributed by atoms with van der Waals surface area (Å²) in [4.78, 5) is 0. The molecule has 0 saturated heterocycles. The number of rotatable bonds is 3. The first-order valence-electron chi connectivity index (χ1n) is 5.71. The van der Waals surface area contributed by atoms with Crippen molar-refractivity contribution in [2.75, 3.05) is 0 Å². The minimum atomic E-state index is 0.817. The lowest BCUT2D eigenvalue weighted by Crippen LogP contribution is -2.09. The molecule has 0 radical (unpaired) electrons. The van der Waals surface area contributed by atoms with E-state index in [1.54, 1.807) is 5.57 Å². The van der Waals surface area contributed by atoms with E-state index in [1.807, 2.05) is 0 Å². The van der Waals surface area contributed by atoms with Crippen LogP contribution in [0.25, 0.3) is 0 Å². The second-order valence-electron chi connectivity index (χ2n) is 4.43. The molecule has 1 saturated carbocycles. The zero-order valence-electron chi connectivity index (χ0n) is 8.79. The fraction of sp³-hybridized carbons (Fsp3) is 0.692. The highest BCUT2D eigenvalue weighted by Gasteiger charge is 2.38. The van der Waals surface area contributed by atoms with E-state index in [4.69, 9.17) is 0 Å². The summed E-state index contributed by atoms with van der Waals surface area (Å²) >= 11 is 0. The summed E-state index contributed by atoms with van der Waals surface area (Å²) in [6.45, 7) is 4.50. The van der Waals surface area contributed by atoms with Crippen LogP contribution in [0, 0.1) is 17.8 Å². The quantitative estimate of drug-likeness (QED) is 0.571. The highest BCUT2D eigenvalue weighted by Crippen LogP contribution is 2.49. The molecule has 0 aromatic rings. The Kier molecular flexibility index (Phi) is 2.57. The molecule has 2 aliphatic rings. The molecule has 72 valence electrons. The van der Waals surface area contributed by atoms with Crippen LogP contribution in [0.5, 0.6) is 0 Å². The number of unbranched alkanes of at least 4 members (excludes halogenated alkanes) is 1. The minimum Gasteiger partial charge on any atom is -0.0876 e. The molecule has 2 rings (SSSR count).